The Morgan fingerprint density at radius 3 is 2.31 bits per heavy atom. The third-order valence-corrected chi connectivity index (χ3v) is 7.79. The summed E-state index contributed by atoms with van der Waals surface area (Å²) in [7, 11) is -3.53. The molecule has 1 aromatic heterocycles. The lowest BCUT2D eigenvalue weighted by Crippen LogP contribution is -2.50. The molecular weight excluding hydrogens is 472 g/mol. The van der Waals surface area contributed by atoms with Gasteiger partial charge in [0, 0.05) is 26.2 Å². The van der Waals surface area contributed by atoms with Gasteiger partial charge < -0.3 is 25.0 Å². The largest absolute Gasteiger partial charge is 0.380 e. The van der Waals surface area contributed by atoms with Crippen molar-refractivity contribution in [3.63, 3.8) is 0 Å². The number of sulfone groups is 1. The first-order valence-electron chi connectivity index (χ1n) is 11.3. The Labute approximate surface area is 203 Å². The van der Waals surface area contributed by atoms with E-state index in [4.69, 9.17) is 0 Å². The lowest BCUT2D eigenvalue weighted by atomic mass is 10.1. The molecule has 11 heteroatoms. The molecule has 0 saturated heterocycles. The van der Waals surface area contributed by atoms with Gasteiger partial charge in [0.25, 0.3) is 11.8 Å². The van der Waals surface area contributed by atoms with Crippen molar-refractivity contribution in [2.24, 2.45) is 0 Å². The van der Waals surface area contributed by atoms with Gasteiger partial charge in [-0.05, 0) is 30.2 Å². The summed E-state index contributed by atoms with van der Waals surface area (Å²) in [6, 6.07) is 14.9. The maximum atomic E-state index is 12.5. The van der Waals surface area contributed by atoms with Crippen LogP contribution in [0.2, 0.25) is 0 Å². The molecule has 2 atom stereocenters. The second kappa shape index (κ2) is 10.1. The number of carbonyl (C=O) groups excluding carboxylic acids is 2. The van der Waals surface area contributed by atoms with Gasteiger partial charge in [-0.1, -0.05) is 36.4 Å². The molecule has 3 aromatic rings. The number of nitrogens with one attached hydrogen (secondary N) is 1. The number of aliphatic hydroxyl groups is 2. The Kier molecular flexibility index (Phi) is 7.20. The zero-order valence-corrected chi connectivity index (χ0v) is 20.1. The summed E-state index contributed by atoms with van der Waals surface area (Å²) in [5.74, 6) is -1.56. The van der Waals surface area contributed by atoms with Crippen LogP contribution >= 0.6 is 0 Å². The van der Waals surface area contributed by atoms with Crippen molar-refractivity contribution in [2.75, 3.05) is 18.1 Å². The lowest BCUT2D eigenvalue weighted by molar-refractivity contribution is -0.153. The average molecular weight is 501 g/mol. The highest BCUT2D eigenvalue weighted by Crippen LogP contribution is 2.23. The average Bonchev–Trinajstić information content (AvgIpc) is 3.41. The van der Waals surface area contributed by atoms with E-state index in [9.17, 15) is 28.2 Å². The summed E-state index contributed by atoms with van der Waals surface area (Å²) in [6.07, 6.45) is -3.95. The van der Waals surface area contributed by atoms with Crippen LogP contribution in [0.15, 0.2) is 48.5 Å². The summed E-state index contributed by atoms with van der Waals surface area (Å²) in [6.45, 7) is 2.34. The fraction of sp³-hybridized carbons (Fsp3) is 0.375. The number of rotatable bonds is 9. The molecule has 35 heavy (non-hydrogen) atoms. The maximum absolute atomic E-state index is 12.5. The van der Waals surface area contributed by atoms with Crippen molar-refractivity contribution in [1.29, 1.82) is 0 Å². The summed E-state index contributed by atoms with van der Waals surface area (Å²) < 4.78 is 26.8. The van der Waals surface area contributed by atoms with E-state index in [2.05, 4.69) is 10.3 Å². The number of imidazole rings is 1. The van der Waals surface area contributed by atoms with Crippen molar-refractivity contribution in [1.82, 2.24) is 19.8 Å². The van der Waals surface area contributed by atoms with E-state index in [1.54, 1.807) is 0 Å². The van der Waals surface area contributed by atoms with Gasteiger partial charge in [-0.25, -0.2) is 13.4 Å². The second-order valence-electron chi connectivity index (χ2n) is 8.59. The minimum absolute atomic E-state index is 0.150. The Morgan fingerprint density at radius 2 is 1.63 bits per heavy atom. The van der Waals surface area contributed by atoms with Gasteiger partial charge in [-0.15, -0.1) is 0 Å². The number of hydrogen-bond acceptors (Lipinski definition) is 7. The first-order valence-corrected chi connectivity index (χ1v) is 13.1. The van der Waals surface area contributed by atoms with Crippen molar-refractivity contribution in [3.8, 4) is 0 Å². The van der Waals surface area contributed by atoms with E-state index in [1.807, 2.05) is 60.0 Å². The Balaban J connectivity index is 1.25. The third kappa shape index (κ3) is 5.53. The number of amides is 2. The predicted octanol–water partition coefficient (Wildman–Crippen LogP) is 0.140. The van der Waals surface area contributed by atoms with Crippen molar-refractivity contribution >= 4 is 32.7 Å². The Morgan fingerprint density at radius 1 is 1.00 bits per heavy atom. The number of fused-ring (bicyclic) bond motifs is 2. The number of carbonyl (C=O) groups is 2. The maximum Gasteiger partial charge on any atom is 0.255 e. The van der Waals surface area contributed by atoms with Crippen LogP contribution in [0, 0.1) is 6.92 Å². The molecule has 0 bridgehead atoms. The lowest BCUT2D eigenvalue weighted by Gasteiger charge is -2.22. The fourth-order valence-electron chi connectivity index (χ4n) is 4.20. The van der Waals surface area contributed by atoms with E-state index in [1.165, 1.54) is 4.90 Å². The molecule has 0 aliphatic carbocycles. The van der Waals surface area contributed by atoms with Gasteiger partial charge in [0.15, 0.2) is 22.0 Å². The van der Waals surface area contributed by atoms with Crippen LogP contribution < -0.4 is 5.32 Å². The molecule has 186 valence electrons. The van der Waals surface area contributed by atoms with Crippen molar-refractivity contribution in [3.05, 3.63) is 65.5 Å². The molecule has 0 fully saturated rings. The van der Waals surface area contributed by atoms with Crippen LogP contribution in [0.3, 0.4) is 0 Å². The van der Waals surface area contributed by atoms with Gasteiger partial charge in [0.1, 0.15) is 5.82 Å². The molecule has 3 N–H and O–H groups in total. The molecule has 1 aliphatic heterocycles. The first kappa shape index (κ1) is 24.8. The van der Waals surface area contributed by atoms with Crippen LogP contribution in [0.4, 0.5) is 0 Å². The van der Waals surface area contributed by atoms with Gasteiger partial charge in [-0.2, -0.15) is 0 Å². The quantitative estimate of drug-likeness (QED) is 0.379. The summed E-state index contributed by atoms with van der Waals surface area (Å²) in [5.41, 5.74) is 3.51. The molecule has 1 aliphatic rings. The molecule has 0 unspecified atom stereocenters. The van der Waals surface area contributed by atoms with E-state index in [0.29, 0.717) is 5.82 Å². The molecule has 0 spiro atoms. The highest BCUT2D eigenvalue weighted by atomic mass is 32.2. The number of nitrogens with zero attached hydrogens (tertiary/aromatic N) is 3. The minimum atomic E-state index is -3.53. The van der Waals surface area contributed by atoms with Crippen molar-refractivity contribution < 1.29 is 28.2 Å². The molecule has 2 amide bonds. The van der Waals surface area contributed by atoms with Gasteiger partial charge in [-0.3, -0.25) is 9.59 Å². The first-order chi connectivity index (χ1) is 16.7. The Bertz CT molecular complexity index is 1330. The highest BCUT2D eigenvalue weighted by Gasteiger charge is 2.35. The zero-order valence-electron chi connectivity index (χ0n) is 19.3. The normalized spacial score (nSPS) is 15.1. The smallest absolute Gasteiger partial charge is 0.255 e. The van der Waals surface area contributed by atoms with Crippen LogP contribution in [0.25, 0.3) is 11.0 Å². The summed E-state index contributed by atoms with van der Waals surface area (Å²) in [5, 5.41) is 22.7. The zero-order chi connectivity index (χ0) is 25.2. The summed E-state index contributed by atoms with van der Waals surface area (Å²) in [4.78, 5) is 30.6. The standard InChI is InChI=1S/C24H28N4O6S/c1-16-26-19-8-4-5-9-20(19)28(16)11-13-35(33,34)12-10-25-23(31)21(29)22(30)24(32)27-14-17-6-2-3-7-18(17)15-27/h2-9,21-22,29-30H,10-15H2,1H3,(H,25,31)/t21-,22-/m1/s1. The summed E-state index contributed by atoms with van der Waals surface area (Å²) >= 11 is 0. The van der Waals surface area contributed by atoms with Crippen LogP contribution in [0.1, 0.15) is 17.0 Å². The number of aliphatic hydroxyl groups excluding tert-OH is 2. The number of para-hydroxylation sites is 2. The van der Waals surface area contributed by atoms with Crippen molar-refractivity contribution in [2.45, 2.75) is 38.8 Å². The van der Waals surface area contributed by atoms with Gasteiger partial charge in [0.05, 0.1) is 22.5 Å². The molecule has 0 saturated carbocycles. The topological polar surface area (TPSA) is 142 Å². The van der Waals surface area contributed by atoms with E-state index in [-0.39, 0.29) is 37.7 Å². The second-order valence-corrected chi connectivity index (χ2v) is 10.9. The SMILES string of the molecule is Cc1nc2ccccc2n1CCS(=O)(=O)CCNC(=O)[C@H](O)[C@@H](O)C(=O)N1Cc2ccccc2C1. The molecule has 4 rings (SSSR count). The number of aryl methyl sites for hydroxylation is 2. The highest BCUT2D eigenvalue weighted by molar-refractivity contribution is 7.91. The predicted molar refractivity (Wildman–Crippen MR) is 129 cm³/mol. The number of hydrogen-bond donors (Lipinski definition) is 3. The third-order valence-electron chi connectivity index (χ3n) is 6.16. The van der Waals surface area contributed by atoms with Gasteiger partial charge >= 0.3 is 0 Å². The fourth-order valence-corrected chi connectivity index (χ4v) is 5.28. The Hall–Kier alpha value is -3.28. The van der Waals surface area contributed by atoms with Crippen LogP contribution in [0.5, 0.6) is 0 Å². The molecule has 10 nitrogen and oxygen atoms in total. The number of benzene rings is 2. The minimum Gasteiger partial charge on any atom is -0.380 e. The van der Waals surface area contributed by atoms with Crippen LogP contribution in [-0.2, 0) is 39.1 Å². The molecule has 2 heterocycles. The number of aromatic nitrogens is 2. The molecule has 0 radical (unpaired) electrons. The van der Waals surface area contributed by atoms with Gasteiger partial charge in [0.2, 0.25) is 0 Å². The monoisotopic (exact) mass is 500 g/mol. The van der Waals surface area contributed by atoms with E-state index >= 15 is 0 Å². The molecule has 2 aromatic carbocycles. The molecular formula is C24H28N4O6S. The van der Waals surface area contributed by atoms with E-state index < -0.39 is 33.9 Å². The van der Waals surface area contributed by atoms with Crippen LogP contribution in [-0.4, -0.2) is 75.2 Å². The van der Waals surface area contributed by atoms with E-state index in [0.717, 1.165) is 22.2 Å².